The number of esters is 1. The number of aromatic nitrogens is 3. The number of rotatable bonds is 3. The van der Waals surface area contributed by atoms with Gasteiger partial charge in [0.2, 0.25) is 0 Å². The van der Waals surface area contributed by atoms with Crippen molar-refractivity contribution in [3.63, 3.8) is 0 Å². The highest BCUT2D eigenvalue weighted by atomic mass is 35.5. The standard InChI is InChI=1S/C13H14ClN3O2/c1-4-19-13(18)12-11(15-17-16-12)9-5-8(3)10(14)6-7(9)2/h5-6H,4H2,1-3H3,(H,15,16,17). The van der Waals surface area contributed by atoms with Crippen molar-refractivity contribution < 1.29 is 9.53 Å². The molecule has 0 aliphatic rings. The summed E-state index contributed by atoms with van der Waals surface area (Å²) in [5.41, 5.74) is 3.33. The molecule has 19 heavy (non-hydrogen) atoms. The van der Waals surface area contributed by atoms with Crippen LogP contribution < -0.4 is 0 Å². The van der Waals surface area contributed by atoms with E-state index in [1.54, 1.807) is 6.92 Å². The van der Waals surface area contributed by atoms with Crippen LogP contribution in [0.4, 0.5) is 0 Å². The molecule has 1 N–H and O–H groups in total. The molecule has 0 spiro atoms. The summed E-state index contributed by atoms with van der Waals surface area (Å²) < 4.78 is 4.95. The van der Waals surface area contributed by atoms with Gasteiger partial charge in [-0.05, 0) is 44.0 Å². The largest absolute Gasteiger partial charge is 0.461 e. The predicted octanol–water partition coefficient (Wildman–Crippen LogP) is 2.92. The average molecular weight is 280 g/mol. The molecule has 0 fully saturated rings. The topological polar surface area (TPSA) is 67.9 Å². The Kier molecular flexibility index (Phi) is 3.85. The lowest BCUT2D eigenvalue weighted by molar-refractivity contribution is 0.0520. The molecular formula is C13H14ClN3O2. The van der Waals surface area contributed by atoms with E-state index in [9.17, 15) is 4.79 Å². The first kappa shape index (κ1) is 13.5. The quantitative estimate of drug-likeness (QED) is 0.877. The van der Waals surface area contributed by atoms with Crippen LogP contribution in [-0.2, 0) is 4.74 Å². The maximum atomic E-state index is 11.8. The molecule has 0 atom stereocenters. The fourth-order valence-electron chi connectivity index (χ4n) is 1.80. The number of ether oxygens (including phenoxy) is 1. The summed E-state index contributed by atoms with van der Waals surface area (Å²) in [6.07, 6.45) is 0. The molecule has 0 amide bonds. The lowest BCUT2D eigenvalue weighted by atomic mass is 10.0. The van der Waals surface area contributed by atoms with Gasteiger partial charge in [-0.15, -0.1) is 5.10 Å². The SMILES string of the molecule is CCOC(=O)c1n[nH]nc1-c1cc(C)c(Cl)cc1C. The third kappa shape index (κ3) is 2.61. The Hall–Kier alpha value is -1.88. The zero-order valence-electron chi connectivity index (χ0n) is 11.0. The Morgan fingerprint density at radius 1 is 1.32 bits per heavy atom. The van der Waals surface area contributed by atoms with Gasteiger partial charge < -0.3 is 4.74 Å². The summed E-state index contributed by atoms with van der Waals surface area (Å²) in [5.74, 6) is -0.488. The molecular weight excluding hydrogens is 266 g/mol. The van der Waals surface area contributed by atoms with Crippen molar-refractivity contribution >= 4 is 17.6 Å². The van der Waals surface area contributed by atoms with E-state index in [2.05, 4.69) is 15.4 Å². The first-order valence-electron chi connectivity index (χ1n) is 5.89. The van der Waals surface area contributed by atoms with Gasteiger partial charge in [-0.25, -0.2) is 4.79 Å². The van der Waals surface area contributed by atoms with Crippen LogP contribution in [0, 0.1) is 13.8 Å². The number of nitrogens with zero attached hydrogens (tertiary/aromatic N) is 2. The van der Waals surface area contributed by atoms with Gasteiger partial charge in [-0.3, -0.25) is 0 Å². The highest BCUT2D eigenvalue weighted by Gasteiger charge is 2.20. The number of benzene rings is 1. The summed E-state index contributed by atoms with van der Waals surface area (Å²) in [6, 6.07) is 3.73. The van der Waals surface area contributed by atoms with E-state index in [4.69, 9.17) is 16.3 Å². The molecule has 5 nitrogen and oxygen atoms in total. The molecule has 1 aromatic heterocycles. The van der Waals surface area contributed by atoms with Gasteiger partial charge in [0.05, 0.1) is 6.61 Å². The monoisotopic (exact) mass is 279 g/mol. The summed E-state index contributed by atoms with van der Waals surface area (Å²) in [7, 11) is 0. The Morgan fingerprint density at radius 2 is 2.05 bits per heavy atom. The van der Waals surface area contributed by atoms with Crippen LogP contribution in [-0.4, -0.2) is 28.0 Å². The number of carbonyl (C=O) groups excluding carboxylic acids is 1. The summed E-state index contributed by atoms with van der Waals surface area (Å²) >= 11 is 6.06. The van der Waals surface area contributed by atoms with Crippen LogP contribution in [0.15, 0.2) is 12.1 Å². The van der Waals surface area contributed by atoms with Crippen molar-refractivity contribution in [1.82, 2.24) is 15.4 Å². The second kappa shape index (κ2) is 5.40. The first-order valence-corrected chi connectivity index (χ1v) is 6.27. The van der Waals surface area contributed by atoms with Gasteiger partial charge in [-0.2, -0.15) is 10.3 Å². The first-order chi connectivity index (χ1) is 9.04. The Bertz CT molecular complexity index is 622. The second-order valence-corrected chi connectivity index (χ2v) is 4.56. The fourth-order valence-corrected chi connectivity index (χ4v) is 2.01. The van der Waals surface area contributed by atoms with E-state index >= 15 is 0 Å². The lowest BCUT2D eigenvalue weighted by Gasteiger charge is -2.07. The van der Waals surface area contributed by atoms with Gasteiger partial charge in [-0.1, -0.05) is 11.6 Å². The van der Waals surface area contributed by atoms with E-state index in [-0.39, 0.29) is 5.69 Å². The maximum Gasteiger partial charge on any atom is 0.361 e. The van der Waals surface area contributed by atoms with E-state index in [0.29, 0.717) is 17.3 Å². The predicted molar refractivity (Wildman–Crippen MR) is 72.3 cm³/mol. The molecule has 0 aliphatic heterocycles. The number of aryl methyl sites for hydroxylation is 2. The fraction of sp³-hybridized carbons (Fsp3) is 0.308. The second-order valence-electron chi connectivity index (χ2n) is 4.16. The highest BCUT2D eigenvalue weighted by molar-refractivity contribution is 6.31. The van der Waals surface area contributed by atoms with Gasteiger partial charge in [0.15, 0.2) is 5.69 Å². The Morgan fingerprint density at radius 3 is 2.74 bits per heavy atom. The number of nitrogens with one attached hydrogen (secondary N) is 1. The number of H-pyrrole nitrogens is 1. The smallest absolute Gasteiger partial charge is 0.361 e. The molecule has 2 rings (SSSR count). The number of halogens is 1. The van der Waals surface area contributed by atoms with Crippen molar-refractivity contribution in [3.05, 3.63) is 34.0 Å². The third-order valence-corrected chi connectivity index (χ3v) is 3.18. The van der Waals surface area contributed by atoms with Gasteiger partial charge >= 0.3 is 5.97 Å². The van der Waals surface area contributed by atoms with E-state index in [1.165, 1.54) is 0 Å². The van der Waals surface area contributed by atoms with Crippen LogP contribution in [0.2, 0.25) is 5.02 Å². The average Bonchev–Trinajstić information content (AvgIpc) is 2.83. The normalized spacial score (nSPS) is 10.5. The minimum Gasteiger partial charge on any atom is -0.461 e. The summed E-state index contributed by atoms with van der Waals surface area (Å²) in [4.78, 5) is 11.8. The van der Waals surface area contributed by atoms with E-state index in [0.717, 1.165) is 16.7 Å². The van der Waals surface area contributed by atoms with Crippen molar-refractivity contribution in [1.29, 1.82) is 0 Å². The molecule has 0 unspecified atom stereocenters. The minimum atomic E-state index is -0.488. The van der Waals surface area contributed by atoms with Crippen LogP contribution >= 0.6 is 11.6 Å². The minimum absolute atomic E-state index is 0.187. The summed E-state index contributed by atoms with van der Waals surface area (Å²) in [5, 5.41) is 11.0. The van der Waals surface area contributed by atoms with E-state index < -0.39 is 5.97 Å². The molecule has 100 valence electrons. The number of hydrogen-bond acceptors (Lipinski definition) is 4. The number of hydrogen-bond donors (Lipinski definition) is 1. The molecule has 0 saturated heterocycles. The van der Waals surface area contributed by atoms with Crippen molar-refractivity contribution in [2.45, 2.75) is 20.8 Å². The maximum absolute atomic E-state index is 11.8. The van der Waals surface area contributed by atoms with E-state index in [1.807, 2.05) is 26.0 Å². The highest BCUT2D eigenvalue weighted by Crippen LogP contribution is 2.29. The Labute approximate surface area is 115 Å². The Balaban J connectivity index is 2.51. The lowest BCUT2D eigenvalue weighted by Crippen LogP contribution is -2.07. The molecule has 0 saturated carbocycles. The molecule has 6 heteroatoms. The van der Waals surface area contributed by atoms with Crippen LogP contribution in [0.1, 0.15) is 28.5 Å². The molecule has 2 aromatic rings. The molecule has 0 aliphatic carbocycles. The molecule has 0 radical (unpaired) electrons. The number of carbonyl (C=O) groups is 1. The van der Waals surface area contributed by atoms with Crippen LogP contribution in [0.25, 0.3) is 11.3 Å². The van der Waals surface area contributed by atoms with Crippen LogP contribution in [0.5, 0.6) is 0 Å². The van der Waals surface area contributed by atoms with Crippen molar-refractivity contribution in [2.75, 3.05) is 6.61 Å². The third-order valence-electron chi connectivity index (χ3n) is 2.78. The summed E-state index contributed by atoms with van der Waals surface area (Å²) in [6.45, 7) is 5.85. The zero-order chi connectivity index (χ0) is 14.0. The zero-order valence-corrected chi connectivity index (χ0v) is 11.7. The van der Waals surface area contributed by atoms with Gasteiger partial charge in [0.25, 0.3) is 0 Å². The van der Waals surface area contributed by atoms with Crippen molar-refractivity contribution in [3.8, 4) is 11.3 Å². The number of aromatic amines is 1. The van der Waals surface area contributed by atoms with Gasteiger partial charge in [0, 0.05) is 10.6 Å². The van der Waals surface area contributed by atoms with Crippen LogP contribution in [0.3, 0.4) is 0 Å². The van der Waals surface area contributed by atoms with Gasteiger partial charge in [0.1, 0.15) is 5.69 Å². The van der Waals surface area contributed by atoms with Crippen molar-refractivity contribution in [2.24, 2.45) is 0 Å². The molecule has 1 aromatic carbocycles. The molecule has 1 heterocycles. The molecule has 0 bridgehead atoms.